The molecular formula is C25H41NO9. The van der Waals surface area contributed by atoms with Crippen molar-refractivity contribution < 1.29 is 43.2 Å². The highest BCUT2D eigenvalue weighted by molar-refractivity contribution is 5.87. The van der Waals surface area contributed by atoms with Crippen molar-refractivity contribution in [1.29, 1.82) is 0 Å². The summed E-state index contributed by atoms with van der Waals surface area (Å²) in [5, 5.41) is 9.64. The largest absolute Gasteiger partial charge is 0.463 e. The summed E-state index contributed by atoms with van der Waals surface area (Å²) in [6, 6.07) is -0.263. The lowest BCUT2D eigenvalue weighted by Gasteiger charge is -2.36. The lowest BCUT2D eigenvalue weighted by Crippen LogP contribution is -2.44. The Morgan fingerprint density at radius 2 is 1.86 bits per heavy atom. The minimum atomic E-state index is -1.45. The molecule has 1 rings (SSSR count). The molecule has 0 bridgehead atoms. The summed E-state index contributed by atoms with van der Waals surface area (Å²) >= 11 is 0. The molecule has 35 heavy (non-hydrogen) atoms. The molecule has 0 radical (unpaired) electrons. The number of likely N-dealkylation sites (tertiary alicyclic amines) is 1. The van der Waals surface area contributed by atoms with E-state index in [0.717, 1.165) is 6.42 Å². The van der Waals surface area contributed by atoms with E-state index in [9.17, 15) is 24.3 Å². The summed E-state index contributed by atoms with van der Waals surface area (Å²) in [7, 11) is 0. The van der Waals surface area contributed by atoms with Gasteiger partial charge in [-0.05, 0) is 39.5 Å². The molecule has 10 heteroatoms. The molecule has 0 aromatic carbocycles. The van der Waals surface area contributed by atoms with Gasteiger partial charge in [-0.1, -0.05) is 20.4 Å². The van der Waals surface area contributed by atoms with Crippen LogP contribution in [0.3, 0.4) is 0 Å². The van der Waals surface area contributed by atoms with Gasteiger partial charge >= 0.3 is 17.9 Å². The number of carbonyl (C=O) groups excluding carboxylic acids is 4. The van der Waals surface area contributed by atoms with E-state index >= 15 is 0 Å². The fourth-order valence-corrected chi connectivity index (χ4v) is 3.91. The Morgan fingerprint density at radius 1 is 1.17 bits per heavy atom. The minimum absolute atomic E-state index is 0.00557. The molecule has 10 nitrogen and oxygen atoms in total. The topological polar surface area (TPSA) is 129 Å². The zero-order valence-corrected chi connectivity index (χ0v) is 21.7. The Labute approximate surface area is 207 Å². The molecule has 1 aliphatic rings. The van der Waals surface area contributed by atoms with E-state index < -0.39 is 23.6 Å². The molecule has 0 aromatic rings. The van der Waals surface area contributed by atoms with Gasteiger partial charge in [0, 0.05) is 37.9 Å². The van der Waals surface area contributed by atoms with Crippen LogP contribution in [0.1, 0.15) is 73.1 Å². The van der Waals surface area contributed by atoms with Crippen molar-refractivity contribution in [2.75, 3.05) is 26.4 Å². The second kappa shape index (κ2) is 14.8. The summed E-state index contributed by atoms with van der Waals surface area (Å²) in [6.45, 7) is 12.1. The van der Waals surface area contributed by atoms with E-state index in [2.05, 4.69) is 6.58 Å². The smallest absolute Gasteiger partial charge is 0.335 e. The van der Waals surface area contributed by atoms with E-state index in [1.165, 1.54) is 13.8 Å². The first kappa shape index (κ1) is 30.6. The molecule has 4 atom stereocenters. The van der Waals surface area contributed by atoms with Gasteiger partial charge in [-0.25, -0.2) is 4.79 Å². The first-order valence-electron chi connectivity index (χ1n) is 12.2. The standard InChI is InChI=1S/C25H41NO9/c1-7-20(34-18(5)27)14-19(26-11-9-10-21(26)28)15-25(6,8-2)24(31)33-13-12-32-16-22(29)35-23(30)17(3)4/h19-20,22,29H,3,7-16H2,1-2,4-6H3. The van der Waals surface area contributed by atoms with Crippen molar-refractivity contribution in [2.45, 2.75) is 91.6 Å². The molecule has 0 saturated carbocycles. The van der Waals surface area contributed by atoms with Crippen LogP contribution < -0.4 is 0 Å². The summed E-state index contributed by atoms with van der Waals surface area (Å²) < 4.78 is 20.8. The Kier molecular flexibility index (Phi) is 13.0. The van der Waals surface area contributed by atoms with Gasteiger partial charge in [-0.2, -0.15) is 0 Å². The van der Waals surface area contributed by atoms with Crippen LogP contribution in [0.4, 0.5) is 0 Å². The fraction of sp³-hybridized carbons (Fsp3) is 0.760. The van der Waals surface area contributed by atoms with Gasteiger partial charge in [-0.3, -0.25) is 14.4 Å². The van der Waals surface area contributed by atoms with E-state index in [0.29, 0.717) is 38.6 Å². The second-order valence-corrected chi connectivity index (χ2v) is 9.19. The Hall–Kier alpha value is -2.46. The summed E-state index contributed by atoms with van der Waals surface area (Å²) in [6.07, 6.45) is 1.37. The summed E-state index contributed by atoms with van der Waals surface area (Å²) in [4.78, 5) is 50.1. The lowest BCUT2D eigenvalue weighted by molar-refractivity contribution is -0.174. The summed E-state index contributed by atoms with van der Waals surface area (Å²) in [5.74, 6) is -1.48. The number of hydrogen-bond donors (Lipinski definition) is 1. The number of amides is 1. The molecule has 1 heterocycles. The highest BCUT2D eigenvalue weighted by Crippen LogP contribution is 2.34. The maximum atomic E-state index is 13.0. The maximum absolute atomic E-state index is 13.0. The van der Waals surface area contributed by atoms with Crippen LogP contribution in [0.2, 0.25) is 0 Å². The monoisotopic (exact) mass is 499 g/mol. The SMILES string of the molecule is C=C(C)C(=O)OC(O)COCCOC(=O)C(C)(CC)CC(CC(CC)OC(C)=O)N1CCCC1=O. The van der Waals surface area contributed by atoms with E-state index in [4.69, 9.17) is 18.9 Å². The van der Waals surface area contributed by atoms with Gasteiger partial charge in [0.1, 0.15) is 19.3 Å². The maximum Gasteiger partial charge on any atom is 0.335 e. The zero-order valence-electron chi connectivity index (χ0n) is 21.7. The molecule has 0 aromatic heterocycles. The Morgan fingerprint density at radius 3 is 2.37 bits per heavy atom. The van der Waals surface area contributed by atoms with Crippen LogP contribution in [-0.2, 0) is 38.1 Å². The molecule has 1 fully saturated rings. The van der Waals surface area contributed by atoms with Crippen molar-refractivity contribution in [3.8, 4) is 0 Å². The number of hydrogen-bond acceptors (Lipinski definition) is 9. The molecular weight excluding hydrogens is 458 g/mol. The summed E-state index contributed by atoms with van der Waals surface area (Å²) in [5.41, 5.74) is -0.706. The predicted octanol–water partition coefficient (Wildman–Crippen LogP) is 2.51. The predicted molar refractivity (Wildman–Crippen MR) is 127 cm³/mol. The van der Waals surface area contributed by atoms with E-state index in [-0.39, 0.29) is 49.4 Å². The average Bonchev–Trinajstić information content (AvgIpc) is 3.22. The molecule has 1 aliphatic heterocycles. The molecule has 0 aliphatic carbocycles. The number of ether oxygens (including phenoxy) is 4. The minimum Gasteiger partial charge on any atom is -0.463 e. The third kappa shape index (κ3) is 10.4. The number of aliphatic hydroxyl groups is 1. The zero-order chi connectivity index (χ0) is 26.6. The van der Waals surface area contributed by atoms with E-state index in [1.54, 1.807) is 11.8 Å². The van der Waals surface area contributed by atoms with Crippen molar-refractivity contribution in [1.82, 2.24) is 4.90 Å². The van der Waals surface area contributed by atoms with E-state index in [1.807, 2.05) is 13.8 Å². The van der Waals surface area contributed by atoms with Crippen LogP contribution in [0.25, 0.3) is 0 Å². The molecule has 1 amide bonds. The van der Waals surface area contributed by atoms with Crippen molar-refractivity contribution in [3.05, 3.63) is 12.2 Å². The highest BCUT2D eigenvalue weighted by Gasteiger charge is 2.40. The number of nitrogens with zero attached hydrogens (tertiary/aromatic N) is 1. The first-order chi connectivity index (χ1) is 16.4. The molecule has 1 saturated heterocycles. The Bertz CT molecular complexity index is 753. The van der Waals surface area contributed by atoms with Gasteiger partial charge in [0.15, 0.2) is 0 Å². The third-order valence-corrected chi connectivity index (χ3v) is 6.15. The molecule has 1 N–H and O–H groups in total. The number of aliphatic hydroxyl groups excluding tert-OH is 1. The Balaban J connectivity index is 2.69. The van der Waals surface area contributed by atoms with Crippen LogP contribution in [0.15, 0.2) is 12.2 Å². The van der Waals surface area contributed by atoms with Gasteiger partial charge in [-0.15, -0.1) is 0 Å². The quantitative estimate of drug-likeness (QED) is 0.112. The molecule has 200 valence electrons. The first-order valence-corrected chi connectivity index (χ1v) is 12.2. The van der Waals surface area contributed by atoms with Gasteiger partial charge < -0.3 is 29.0 Å². The van der Waals surface area contributed by atoms with Gasteiger partial charge in [0.25, 0.3) is 0 Å². The fourth-order valence-electron chi connectivity index (χ4n) is 3.91. The number of rotatable bonds is 16. The van der Waals surface area contributed by atoms with Crippen LogP contribution >= 0.6 is 0 Å². The number of esters is 3. The van der Waals surface area contributed by atoms with Gasteiger partial charge in [0.05, 0.1) is 12.0 Å². The van der Waals surface area contributed by atoms with Gasteiger partial charge in [0.2, 0.25) is 12.2 Å². The van der Waals surface area contributed by atoms with Crippen LogP contribution in [0, 0.1) is 5.41 Å². The van der Waals surface area contributed by atoms with Crippen molar-refractivity contribution in [3.63, 3.8) is 0 Å². The second-order valence-electron chi connectivity index (χ2n) is 9.19. The van der Waals surface area contributed by atoms with Crippen molar-refractivity contribution >= 4 is 23.8 Å². The third-order valence-electron chi connectivity index (χ3n) is 6.15. The highest BCUT2D eigenvalue weighted by atomic mass is 16.7. The van der Waals surface area contributed by atoms with Crippen LogP contribution in [0.5, 0.6) is 0 Å². The van der Waals surface area contributed by atoms with Crippen molar-refractivity contribution in [2.24, 2.45) is 5.41 Å². The number of carbonyl (C=O) groups is 4. The lowest BCUT2D eigenvalue weighted by atomic mass is 9.79. The van der Waals surface area contributed by atoms with Crippen LogP contribution in [-0.4, -0.2) is 78.6 Å². The normalized spacial score (nSPS) is 17.8. The average molecular weight is 500 g/mol. The molecule has 4 unspecified atom stereocenters. The molecule has 0 spiro atoms.